The maximum absolute atomic E-state index is 13.0. The van der Waals surface area contributed by atoms with E-state index >= 15 is 0 Å². The zero-order valence-corrected chi connectivity index (χ0v) is 10.9. The van der Waals surface area contributed by atoms with E-state index in [1.54, 1.807) is 0 Å². The topological polar surface area (TPSA) is 17.1 Å². The Morgan fingerprint density at radius 1 is 1.06 bits per heavy atom. The van der Waals surface area contributed by atoms with Crippen molar-refractivity contribution in [2.45, 2.75) is 6.42 Å². The second-order valence-corrected chi connectivity index (χ2v) is 4.67. The number of hydrogen-bond acceptors (Lipinski definition) is 1. The summed E-state index contributed by atoms with van der Waals surface area (Å²) in [5.41, 5.74) is 0.983. The molecule has 0 saturated carbocycles. The average molecular weight is 311 g/mol. The van der Waals surface area contributed by atoms with Crippen molar-refractivity contribution in [2.24, 2.45) is 0 Å². The Labute approximate surface area is 112 Å². The molecule has 1 nitrogen and oxygen atoms in total. The van der Waals surface area contributed by atoms with E-state index in [4.69, 9.17) is 0 Å². The van der Waals surface area contributed by atoms with Gasteiger partial charge in [0.25, 0.3) is 0 Å². The van der Waals surface area contributed by atoms with Crippen LogP contribution < -0.4 is 0 Å². The third kappa shape index (κ3) is 2.82. The summed E-state index contributed by atoms with van der Waals surface area (Å²) in [6.45, 7) is 0. The second kappa shape index (κ2) is 5.40. The van der Waals surface area contributed by atoms with E-state index in [9.17, 15) is 13.6 Å². The smallest absolute Gasteiger partial charge is 0.167 e. The largest absolute Gasteiger partial charge is 0.294 e. The number of Topliss-reactive ketones (excluding diaryl/α,β-unsaturated/α-hetero) is 1. The Bertz CT molecular complexity index is 596. The molecule has 0 radical (unpaired) electrons. The number of halogens is 3. The van der Waals surface area contributed by atoms with E-state index in [0.29, 0.717) is 0 Å². The number of rotatable bonds is 3. The first-order chi connectivity index (χ1) is 8.58. The lowest BCUT2D eigenvalue weighted by Gasteiger charge is -2.04. The third-order valence-electron chi connectivity index (χ3n) is 2.55. The van der Waals surface area contributed by atoms with Gasteiger partial charge >= 0.3 is 0 Å². The van der Waals surface area contributed by atoms with Gasteiger partial charge in [0.15, 0.2) is 17.4 Å². The monoisotopic (exact) mass is 310 g/mol. The average Bonchev–Trinajstić information content (AvgIpc) is 2.35. The van der Waals surface area contributed by atoms with Crippen LogP contribution in [0.1, 0.15) is 15.9 Å². The van der Waals surface area contributed by atoms with Crippen LogP contribution in [0.2, 0.25) is 0 Å². The molecule has 0 aromatic heterocycles. The van der Waals surface area contributed by atoms with Crippen LogP contribution in [0.15, 0.2) is 46.9 Å². The van der Waals surface area contributed by atoms with E-state index in [-0.39, 0.29) is 17.8 Å². The predicted octanol–water partition coefficient (Wildman–Crippen LogP) is 4.15. The van der Waals surface area contributed by atoms with Gasteiger partial charge in [-0.3, -0.25) is 4.79 Å². The molecule has 2 rings (SSSR count). The van der Waals surface area contributed by atoms with Gasteiger partial charge in [-0.15, -0.1) is 0 Å². The van der Waals surface area contributed by atoms with E-state index in [2.05, 4.69) is 15.9 Å². The van der Waals surface area contributed by atoms with Crippen molar-refractivity contribution < 1.29 is 13.6 Å². The molecule has 0 amide bonds. The highest BCUT2D eigenvalue weighted by Gasteiger charge is 2.11. The Hall–Kier alpha value is -1.55. The molecule has 0 aliphatic rings. The number of benzene rings is 2. The van der Waals surface area contributed by atoms with Gasteiger partial charge in [0.1, 0.15) is 0 Å². The zero-order valence-electron chi connectivity index (χ0n) is 9.29. The van der Waals surface area contributed by atoms with Crippen LogP contribution in [0.5, 0.6) is 0 Å². The standard InChI is InChI=1S/C14H9BrF2O/c15-11-4-2-1-3-9(11)8-14(18)10-5-6-12(16)13(17)7-10/h1-7H,8H2. The van der Waals surface area contributed by atoms with Gasteiger partial charge in [-0.25, -0.2) is 8.78 Å². The molecule has 92 valence electrons. The normalized spacial score (nSPS) is 10.4. The molecular formula is C14H9BrF2O. The molecule has 0 aliphatic heterocycles. The van der Waals surface area contributed by atoms with Crippen molar-refractivity contribution in [1.82, 2.24) is 0 Å². The lowest BCUT2D eigenvalue weighted by Crippen LogP contribution is -2.05. The highest BCUT2D eigenvalue weighted by Crippen LogP contribution is 2.18. The summed E-state index contributed by atoms with van der Waals surface area (Å²) in [6.07, 6.45) is 0.145. The molecule has 4 heteroatoms. The summed E-state index contributed by atoms with van der Waals surface area (Å²) in [5, 5.41) is 0. The van der Waals surface area contributed by atoms with Gasteiger partial charge < -0.3 is 0 Å². The molecule has 0 fully saturated rings. The molecule has 2 aromatic carbocycles. The maximum atomic E-state index is 13.0. The summed E-state index contributed by atoms with van der Waals surface area (Å²) < 4.78 is 26.6. The van der Waals surface area contributed by atoms with Crippen molar-refractivity contribution in [3.63, 3.8) is 0 Å². The Balaban J connectivity index is 2.22. The van der Waals surface area contributed by atoms with Crippen molar-refractivity contribution >= 4 is 21.7 Å². The highest BCUT2D eigenvalue weighted by molar-refractivity contribution is 9.10. The quantitative estimate of drug-likeness (QED) is 0.778. The number of hydrogen-bond donors (Lipinski definition) is 0. The molecule has 2 aromatic rings. The van der Waals surface area contributed by atoms with Crippen LogP contribution >= 0.6 is 15.9 Å². The summed E-state index contributed by atoms with van der Waals surface area (Å²) in [4.78, 5) is 11.9. The van der Waals surface area contributed by atoms with E-state index in [1.807, 2.05) is 24.3 Å². The predicted molar refractivity (Wildman–Crippen MR) is 68.5 cm³/mol. The summed E-state index contributed by atoms with van der Waals surface area (Å²) in [7, 11) is 0. The molecule has 0 heterocycles. The van der Waals surface area contributed by atoms with Crippen LogP contribution in [-0.2, 0) is 6.42 Å². The van der Waals surface area contributed by atoms with Gasteiger partial charge in [0, 0.05) is 16.5 Å². The second-order valence-electron chi connectivity index (χ2n) is 3.82. The molecule has 0 bridgehead atoms. The van der Waals surface area contributed by atoms with Gasteiger partial charge in [0.05, 0.1) is 0 Å². The molecule has 18 heavy (non-hydrogen) atoms. The fourth-order valence-corrected chi connectivity index (χ4v) is 2.01. The molecule has 0 saturated heterocycles. The van der Waals surface area contributed by atoms with Crippen LogP contribution in [0.3, 0.4) is 0 Å². The summed E-state index contributed by atoms with van der Waals surface area (Å²) in [5.74, 6) is -2.21. The minimum Gasteiger partial charge on any atom is -0.294 e. The maximum Gasteiger partial charge on any atom is 0.167 e. The molecular weight excluding hydrogens is 302 g/mol. The molecule has 0 unspecified atom stereocenters. The van der Waals surface area contributed by atoms with E-state index < -0.39 is 11.6 Å². The van der Waals surface area contributed by atoms with Gasteiger partial charge in [0.2, 0.25) is 0 Å². The first-order valence-corrected chi connectivity index (χ1v) is 6.09. The summed E-state index contributed by atoms with van der Waals surface area (Å²) in [6, 6.07) is 10.5. The number of carbonyl (C=O) groups excluding carboxylic acids is 1. The zero-order chi connectivity index (χ0) is 13.1. The number of carbonyl (C=O) groups is 1. The van der Waals surface area contributed by atoms with E-state index in [0.717, 1.165) is 22.2 Å². The van der Waals surface area contributed by atoms with Crippen molar-refractivity contribution in [1.29, 1.82) is 0 Å². The minimum absolute atomic E-state index is 0.145. The SMILES string of the molecule is O=C(Cc1ccccc1Br)c1ccc(F)c(F)c1. The van der Waals surface area contributed by atoms with Crippen LogP contribution in [0.4, 0.5) is 8.78 Å². The van der Waals surface area contributed by atoms with Crippen LogP contribution in [0.25, 0.3) is 0 Å². The molecule has 0 spiro atoms. The Morgan fingerprint density at radius 2 is 1.78 bits per heavy atom. The summed E-state index contributed by atoms with van der Waals surface area (Å²) >= 11 is 3.34. The first-order valence-electron chi connectivity index (χ1n) is 5.29. The third-order valence-corrected chi connectivity index (χ3v) is 3.32. The highest BCUT2D eigenvalue weighted by atomic mass is 79.9. The van der Waals surface area contributed by atoms with Crippen molar-refractivity contribution in [3.05, 3.63) is 69.7 Å². The minimum atomic E-state index is -1.01. The van der Waals surface area contributed by atoms with Crippen LogP contribution in [0, 0.1) is 11.6 Å². The first kappa shape index (κ1) is 12.9. The van der Waals surface area contributed by atoms with Crippen molar-refractivity contribution in [3.8, 4) is 0 Å². The van der Waals surface area contributed by atoms with Gasteiger partial charge in [-0.2, -0.15) is 0 Å². The lowest BCUT2D eigenvalue weighted by atomic mass is 10.0. The lowest BCUT2D eigenvalue weighted by molar-refractivity contribution is 0.0992. The molecule has 0 aliphatic carbocycles. The van der Waals surface area contributed by atoms with Crippen molar-refractivity contribution in [2.75, 3.05) is 0 Å². The van der Waals surface area contributed by atoms with Gasteiger partial charge in [-0.05, 0) is 29.8 Å². The fraction of sp³-hybridized carbons (Fsp3) is 0.0714. The molecule has 0 N–H and O–H groups in total. The van der Waals surface area contributed by atoms with Crippen LogP contribution in [-0.4, -0.2) is 5.78 Å². The Morgan fingerprint density at radius 3 is 2.44 bits per heavy atom. The number of ketones is 1. The molecule has 0 atom stereocenters. The Kier molecular flexibility index (Phi) is 3.87. The fourth-order valence-electron chi connectivity index (χ4n) is 1.59. The van der Waals surface area contributed by atoms with Gasteiger partial charge in [-0.1, -0.05) is 34.1 Å². The van der Waals surface area contributed by atoms with E-state index in [1.165, 1.54) is 6.07 Å².